The number of ether oxygens (including phenoxy) is 1. The fourth-order valence-corrected chi connectivity index (χ4v) is 7.02. The van der Waals surface area contributed by atoms with Gasteiger partial charge >= 0.3 is 6.03 Å². The molecular formula is C30H40N2O2. The van der Waals surface area contributed by atoms with Crippen molar-refractivity contribution in [3.05, 3.63) is 65.7 Å². The molecule has 2 aromatic rings. The molecule has 0 saturated heterocycles. The third-order valence-corrected chi connectivity index (χ3v) is 8.28. The van der Waals surface area contributed by atoms with E-state index in [0.717, 1.165) is 35.5 Å². The van der Waals surface area contributed by atoms with Crippen LogP contribution in [0.5, 0.6) is 5.75 Å². The molecular weight excluding hydrogens is 420 g/mol. The number of carbonyl (C=O) groups excluding carboxylic acids is 1. The Morgan fingerprint density at radius 3 is 2.09 bits per heavy atom. The van der Waals surface area contributed by atoms with Gasteiger partial charge in [-0.25, -0.2) is 4.79 Å². The van der Waals surface area contributed by atoms with Crippen molar-refractivity contribution in [1.82, 2.24) is 10.6 Å². The van der Waals surface area contributed by atoms with Crippen LogP contribution in [-0.2, 0) is 5.41 Å². The number of hydrogen-bond acceptors (Lipinski definition) is 2. The lowest BCUT2D eigenvalue weighted by atomic mass is 9.53. The molecule has 4 saturated carbocycles. The molecule has 0 radical (unpaired) electrons. The smallest absolute Gasteiger partial charge is 0.315 e. The minimum absolute atomic E-state index is 0.0108. The zero-order valence-electron chi connectivity index (χ0n) is 21.0. The Labute approximate surface area is 204 Å². The van der Waals surface area contributed by atoms with E-state index in [1.54, 1.807) is 0 Å². The second-order valence-electron chi connectivity index (χ2n) is 12.2. The van der Waals surface area contributed by atoms with E-state index >= 15 is 0 Å². The first-order chi connectivity index (χ1) is 16.3. The zero-order valence-corrected chi connectivity index (χ0v) is 21.0. The molecule has 4 nitrogen and oxygen atoms in total. The highest BCUT2D eigenvalue weighted by Crippen LogP contribution is 2.55. The van der Waals surface area contributed by atoms with E-state index in [0.29, 0.717) is 6.54 Å². The molecule has 0 aliphatic heterocycles. The molecule has 34 heavy (non-hydrogen) atoms. The summed E-state index contributed by atoms with van der Waals surface area (Å²) in [5.74, 6) is 3.34. The second kappa shape index (κ2) is 9.28. The van der Waals surface area contributed by atoms with Crippen LogP contribution in [0.4, 0.5) is 4.79 Å². The highest BCUT2D eigenvalue weighted by molar-refractivity contribution is 5.74. The maximum atomic E-state index is 12.9. The van der Waals surface area contributed by atoms with Gasteiger partial charge in [0.05, 0.1) is 0 Å². The molecule has 6 rings (SSSR count). The molecule has 2 N–H and O–H groups in total. The maximum Gasteiger partial charge on any atom is 0.315 e. The lowest BCUT2D eigenvalue weighted by Crippen LogP contribution is -2.61. The van der Waals surface area contributed by atoms with Crippen LogP contribution in [0.2, 0.25) is 0 Å². The first-order valence-corrected chi connectivity index (χ1v) is 13.2. The Morgan fingerprint density at radius 1 is 0.941 bits per heavy atom. The molecule has 182 valence electrons. The van der Waals surface area contributed by atoms with Crippen molar-refractivity contribution in [3.8, 4) is 5.75 Å². The Hall–Kier alpha value is -2.49. The van der Waals surface area contributed by atoms with Crippen molar-refractivity contribution in [2.45, 2.75) is 82.8 Å². The molecule has 0 heterocycles. The molecule has 4 heteroatoms. The molecule has 0 aromatic heterocycles. The number of benzene rings is 2. The van der Waals surface area contributed by atoms with Crippen LogP contribution in [0.1, 0.15) is 82.9 Å². The van der Waals surface area contributed by atoms with Crippen LogP contribution in [-0.4, -0.2) is 18.1 Å². The number of nitrogens with one attached hydrogen (secondary N) is 2. The van der Waals surface area contributed by atoms with E-state index in [4.69, 9.17) is 4.74 Å². The fourth-order valence-electron chi connectivity index (χ4n) is 7.02. The van der Waals surface area contributed by atoms with E-state index in [-0.39, 0.29) is 23.1 Å². The second-order valence-corrected chi connectivity index (χ2v) is 12.2. The van der Waals surface area contributed by atoms with Crippen LogP contribution < -0.4 is 15.4 Å². The van der Waals surface area contributed by atoms with Crippen molar-refractivity contribution in [2.24, 2.45) is 17.8 Å². The van der Waals surface area contributed by atoms with E-state index in [2.05, 4.69) is 67.8 Å². The van der Waals surface area contributed by atoms with Gasteiger partial charge in [-0.2, -0.15) is 0 Å². The Morgan fingerprint density at radius 2 is 1.53 bits per heavy atom. The summed E-state index contributed by atoms with van der Waals surface area (Å²) in [4.78, 5) is 12.9. The van der Waals surface area contributed by atoms with Crippen molar-refractivity contribution < 1.29 is 9.53 Å². The minimum Gasteiger partial charge on any atom is -0.486 e. The molecule has 1 atom stereocenters. The van der Waals surface area contributed by atoms with Gasteiger partial charge in [-0.05, 0) is 85.0 Å². The summed E-state index contributed by atoms with van der Waals surface area (Å²) in [6.07, 6.45) is 8.28. The predicted molar refractivity (Wildman–Crippen MR) is 137 cm³/mol. The summed E-state index contributed by atoms with van der Waals surface area (Å²) in [6, 6.07) is 18.7. The summed E-state index contributed by atoms with van der Waals surface area (Å²) in [7, 11) is 0. The largest absolute Gasteiger partial charge is 0.486 e. The van der Waals surface area contributed by atoms with Gasteiger partial charge in [0.25, 0.3) is 0 Å². The van der Waals surface area contributed by atoms with Gasteiger partial charge in [0.1, 0.15) is 11.9 Å². The van der Waals surface area contributed by atoms with Gasteiger partial charge in [0.15, 0.2) is 0 Å². The van der Waals surface area contributed by atoms with Crippen molar-refractivity contribution in [1.29, 1.82) is 0 Å². The van der Waals surface area contributed by atoms with Crippen molar-refractivity contribution in [3.63, 3.8) is 0 Å². The highest BCUT2D eigenvalue weighted by atomic mass is 16.5. The van der Waals surface area contributed by atoms with Gasteiger partial charge in [-0.3, -0.25) is 0 Å². The number of amides is 2. The van der Waals surface area contributed by atoms with E-state index in [1.807, 2.05) is 18.2 Å². The average Bonchev–Trinajstić information content (AvgIpc) is 2.77. The van der Waals surface area contributed by atoms with E-state index in [9.17, 15) is 4.79 Å². The monoisotopic (exact) mass is 460 g/mol. The Balaban J connectivity index is 1.18. The molecule has 4 aliphatic carbocycles. The maximum absolute atomic E-state index is 12.9. The fraction of sp³-hybridized carbons (Fsp3) is 0.567. The van der Waals surface area contributed by atoms with Gasteiger partial charge in [-0.1, -0.05) is 63.2 Å². The zero-order chi connectivity index (χ0) is 23.8. The third-order valence-electron chi connectivity index (χ3n) is 8.28. The number of rotatable bonds is 7. The summed E-state index contributed by atoms with van der Waals surface area (Å²) in [6.45, 7) is 7.24. The SMILES string of the molecule is CC(C)(C)c1ccc(OC(CCNC(=O)NC23CC4CC(CC(C4)C2)C3)c2ccccc2)cc1. The van der Waals surface area contributed by atoms with E-state index < -0.39 is 0 Å². The van der Waals surface area contributed by atoms with Crippen LogP contribution in [0.15, 0.2) is 54.6 Å². The number of carbonyl (C=O) groups is 1. The summed E-state index contributed by atoms with van der Waals surface area (Å²) >= 11 is 0. The van der Waals surface area contributed by atoms with Crippen LogP contribution in [0, 0.1) is 17.8 Å². The highest BCUT2D eigenvalue weighted by Gasteiger charge is 2.51. The van der Waals surface area contributed by atoms with Crippen LogP contribution in [0.25, 0.3) is 0 Å². The van der Waals surface area contributed by atoms with Gasteiger partial charge in [-0.15, -0.1) is 0 Å². The third kappa shape index (κ3) is 5.26. The van der Waals surface area contributed by atoms with Crippen LogP contribution in [0.3, 0.4) is 0 Å². The van der Waals surface area contributed by atoms with Gasteiger partial charge in [0, 0.05) is 18.5 Å². The molecule has 2 aromatic carbocycles. The lowest BCUT2D eigenvalue weighted by Gasteiger charge is -2.56. The summed E-state index contributed by atoms with van der Waals surface area (Å²) in [5, 5.41) is 6.56. The summed E-state index contributed by atoms with van der Waals surface area (Å²) in [5.41, 5.74) is 2.58. The lowest BCUT2D eigenvalue weighted by molar-refractivity contribution is -0.0135. The predicted octanol–water partition coefficient (Wildman–Crippen LogP) is 6.76. The summed E-state index contributed by atoms with van der Waals surface area (Å²) < 4.78 is 6.41. The minimum atomic E-state index is -0.110. The van der Waals surface area contributed by atoms with Gasteiger partial charge in [0.2, 0.25) is 0 Å². The molecule has 4 aliphatic rings. The molecule has 4 bridgehead atoms. The van der Waals surface area contributed by atoms with Gasteiger partial charge < -0.3 is 15.4 Å². The Bertz CT molecular complexity index is 942. The quantitative estimate of drug-likeness (QED) is 0.479. The van der Waals surface area contributed by atoms with Crippen LogP contribution >= 0.6 is 0 Å². The standard InChI is InChI=1S/C30H40N2O2/c1-29(2,3)25-9-11-26(12-10-25)34-27(24-7-5-4-6-8-24)13-14-31-28(33)32-30-18-21-15-22(19-30)17-23(16-21)20-30/h4-12,21-23,27H,13-20H2,1-3H3,(H2,31,32,33). The normalized spacial score (nSPS) is 28.4. The topological polar surface area (TPSA) is 50.4 Å². The molecule has 2 amide bonds. The molecule has 1 unspecified atom stereocenters. The number of hydrogen-bond donors (Lipinski definition) is 2. The first kappa shape index (κ1) is 23.3. The number of urea groups is 1. The average molecular weight is 461 g/mol. The van der Waals surface area contributed by atoms with Crippen molar-refractivity contribution >= 4 is 6.03 Å². The molecule has 0 spiro atoms. The van der Waals surface area contributed by atoms with Crippen molar-refractivity contribution in [2.75, 3.05) is 6.54 Å². The van der Waals surface area contributed by atoms with E-state index in [1.165, 1.54) is 44.1 Å². The Kier molecular flexibility index (Phi) is 6.35. The first-order valence-electron chi connectivity index (χ1n) is 13.2. The molecule has 4 fully saturated rings.